The van der Waals surface area contributed by atoms with Crippen LogP contribution in [0.3, 0.4) is 0 Å². The lowest BCUT2D eigenvalue weighted by atomic mass is 10.1. The average molecular weight is 306 g/mol. The van der Waals surface area contributed by atoms with Crippen LogP contribution in [0, 0.1) is 0 Å². The second-order valence-electron chi connectivity index (χ2n) is 5.37. The highest BCUT2D eigenvalue weighted by Gasteiger charge is 2.20. The molecule has 0 aliphatic rings. The van der Waals surface area contributed by atoms with Crippen molar-refractivity contribution in [2.45, 2.75) is 51.6 Å². The van der Waals surface area contributed by atoms with Crippen LogP contribution in [-0.4, -0.2) is 29.6 Å². The smallest absolute Gasteiger partial charge is 0.305 e. The van der Waals surface area contributed by atoms with Gasteiger partial charge in [0.1, 0.15) is 0 Å². The van der Waals surface area contributed by atoms with Gasteiger partial charge in [-0.2, -0.15) is 0 Å². The Morgan fingerprint density at radius 2 is 1.86 bits per heavy atom. The largest absolute Gasteiger partial charge is 0.481 e. The van der Waals surface area contributed by atoms with Crippen molar-refractivity contribution in [1.82, 2.24) is 10.6 Å². The quantitative estimate of drug-likeness (QED) is 0.548. The maximum Gasteiger partial charge on any atom is 0.305 e. The molecule has 1 aromatic rings. The predicted octanol–water partition coefficient (Wildman–Crippen LogP) is 2.32. The number of carbonyl (C=O) groups is 2. The molecule has 22 heavy (non-hydrogen) atoms. The summed E-state index contributed by atoms with van der Waals surface area (Å²) in [6.07, 6.45) is 4.10. The van der Waals surface area contributed by atoms with Crippen LogP contribution in [0.15, 0.2) is 30.3 Å². The number of hydrogen-bond donors (Lipinski definition) is 3. The molecule has 5 heteroatoms. The molecule has 0 heterocycles. The topological polar surface area (TPSA) is 78.4 Å². The first-order valence-electron chi connectivity index (χ1n) is 7.90. The van der Waals surface area contributed by atoms with Crippen LogP contribution in [0.2, 0.25) is 0 Å². The lowest BCUT2D eigenvalue weighted by Crippen LogP contribution is -2.45. The van der Waals surface area contributed by atoms with Crippen molar-refractivity contribution >= 4 is 11.9 Å². The zero-order chi connectivity index (χ0) is 16.2. The molecular weight excluding hydrogens is 280 g/mol. The van der Waals surface area contributed by atoms with Crippen LogP contribution in [0.25, 0.3) is 0 Å². The fourth-order valence-corrected chi connectivity index (χ4v) is 2.16. The van der Waals surface area contributed by atoms with Gasteiger partial charge in [0, 0.05) is 13.1 Å². The van der Waals surface area contributed by atoms with Gasteiger partial charge in [0.25, 0.3) is 0 Å². The highest BCUT2D eigenvalue weighted by atomic mass is 16.4. The zero-order valence-corrected chi connectivity index (χ0v) is 13.2. The third-order valence-corrected chi connectivity index (χ3v) is 3.42. The Bertz CT molecular complexity index is 448. The Balaban J connectivity index is 2.41. The van der Waals surface area contributed by atoms with Gasteiger partial charge in [-0.1, -0.05) is 56.5 Å². The van der Waals surface area contributed by atoms with Crippen LogP contribution in [0.5, 0.6) is 0 Å². The first-order valence-corrected chi connectivity index (χ1v) is 7.90. The molecule has 0 fully saturated rings. The number of benzene rings is 1. The Labute approximate surface area is 132 Å². The molecule has 5 nitrogen and oxygen atoms in total. The number of amides is 1. The lowest BCUT2D eigenvalue weighted by molar-refractivity contribution is -0.140. The molecule has 0 aromatic heterocycles. The monoisotopic (exact) mass is 306 g/mol. The molecule has 0 saturated carbocycles. The maximum atomic E-state index is 12.1. The SMILES string of the molecule is CCCCCCNC(=O)C(CC(=O)O)NCc1ccccc1. The van der Waals surface area contributed by atoms with Crippen molar-refractivity contribution in [3.05, 3.63) is 35.9 Å². The van der Waals surface area contributed by atoms with Gasteiger partial charge in [-0.3, -0.25) is 9.59 Å². The van der Waals surface area contributed by atoms with E-state index in [-0.39, 0.29) is 12.3 Å². The van der Waals surface area contributed by atoms with E-state index in [1.165, 1.54) is 0 Å². The highest BCUT2D eigenvalue weighted by molar-refractivity contribution is 5.86. The van der Waals surface area contributed by atoms with Crippen molar-refractivity contribution in [2.24, 2.45) is 0 Å². The van der Waals surface area contributed by atoms with E-state index in [2.05, 4.69) is 17.6 Å². The van der Waals surface area contributed by atoms with Crippen molar-refractivity contribution in [3.63, 3.8) is 0 Å². The van der Waals surface area contributed by atoms with Crippen molar-refractivity contribution in [2.75, 3.05) is 6.54 Å². The van der Waals surface area contributed by atoms with Gasteiger partial charge in [0.2, 0.25) is 5.91 Å². The molecule has 1 unspecified atom stereocenters. The van der Waals surface area contributed by atoms with Crippen LogP contribution in [0.4, 0.5) is 0 Å². The van der Waals surface area contributed by atoms with Gasteiger partial charge in [0.05, 0.1) is 12.5 Å². The molecule has 3 N–H and O–H groups in total. The summed E-state index contributed by atoms with van der Waals surface area (Å²) in [6, 6.07) is 8.92. The first-order chi connectivity index (χ1) is 10.6. The number of aliphatic carboxylic acids is 1. The molecule has 1 aromatic carbocycles. The molecular formula is C17H26N2O3. The highest BCUT2D eigenvalue weighted by Crippen LogP contribution is 2.01. The van der Waals surface area contributed by atoms with E-state index in [4.69, 9.17) is 5.11 Å². The Hall–Kier alpha value is -1.88. The fraction of sp³-hybridized carbons (Fsp3) is 0.529. The zero-order valence-electron chi connectivity index (χ0n) is 13.2. The van der Waals surface area contributed by atoms with E-state index < -0.39 is 12.0 Å². The Morgan fingerprint density at radius 3 is 2.50 bits per heavy atom. The van der Waals surface area contributed by atoms with Gasteiger partial charge < -0.3 is 15.7 Å². The first kappa shape index (κ1) is 18.2. The van der Waals surface area contributed by atoms with E-state index in [9.17, 15) is 9.59 Å². The van der Waals surface area contributed by atoms with E-state index in [1.54, 1.807) is 0 Å². The minimum Gasteiger partial charge on any atom is -0.481 e. The number of hydrogen-bond acceptors (Lipinski definition) is 3. The van der Waals surface area contributed by atoms with Crippen LogP contribution in [0.1, 0.15) is 44.6 Å². The summed E-state index contributed by atoms with van der Waals surface area (Å²) in [7, 11) is 0. The molecule has 122 valence electrons. The molecule has 0 saturated heterocycles. The second kappa shape index (κ2) is 10.8. The van der Waals surface area contributed by atoms with Crippen molar-refractivity contribution in [1.29, 1.82) is 0 Å². The lowest BCUT2D eigenvalue weighted by Gasteiger charge is -2.17. The molecule has 0 spiro atoms. The van der Waals surface area contributed by atoms with Crippen LogP contribution < -0.4 is 10.6 Å². The molecule has 0 aliphatic heterocycles. The van der Waals surface area contributed by atoms with E-state index in [0.29, 0.717) is 13.1 Å². The van der Waals surface area contributed by atoms with Gasteiger partial charge >= 0.3 is 5.97 Å². The van der Waals surface area contributed by atoms with Crippen molar-refractivity contribution < 1.29 is 14.7 Å². The predicted molar refractivity (Wildman–Crippen MR) is 86.5 cm³/mol. The number of carboxylic acids is 1. The summed E-state index contributed by atoms with van der Waals surface area (Å²) in [5.41, 5.74) is 1.02. The summed E-state index contributed by atoms with van der Waals surface area (Å²) in [4.78, 5) is 23.0. The van der Waals surface area contributed by atoms with Gasteiger partial charge in [-0.05, 0) is 12.0 Å². The van der Waals surface area contributed by atoms with Crippen LogP contribution >= 0.6 is 0 Å². The van der Waals surface area contributed by atoms with Gasteiger partial charge in [-0.25, -0.2) is 0 Å². The number of rotatable bonds is 11. The molecule has 0 bridgehead atoms. The summed E-state index contributed by atoms with van der Waals surface area (Å²) < 4.78 is 0. The standard InChI is InChI=1S/C17H26N2O3/c1-2-3-4-8-11-18-17(22)15(12-16(20)21)19-13-14-9-6-5-7-10-14/h5-7,9-10,15,19H,2-4,8,11-13H2,1H3,(H,18,22)(H,20,21). The summed E-state index contributed by atoms with van der Waals surface area (Å²) in [6.45, 7) is 3.21. The van der Waals surface area contributed by atoms with E-state index in [0.717, 1.165) is 31.2 Å². The normalized spacial score (nSPS) is 11.9. The Kier molecular flexibility index (Phi) is 8.91. The third kappa shape index (κ3) is 7.78. The second-order valence-corrected chi connectivity index (χ2v) is 5.37. The molecule has 1 rings (SSSR count). The summed E-state index contributed by atoms with van der Waals surface area (Å²) in [5.74, 6) is -1.22. The number of unbranched alkanes of at least 4 members (excludes halogenated alkanes) is 3. The van der Waals surface area contributed by atoms with E-state index in [1.807, 2.05) is 30.3 Å². The molecule has 0 radical (unpaired) electrons. The van der Waals surface area contributed by atoms with E-state index >= 15 is 0 Å². The summed E-state index contributed by atoms with van der Waals surface area (Å²) >= 11 is 0. The number of nitrogens with one attached hydrogen (secondary N) is 2. The molecule has 0 aliphatic carbocycles. The molecule has 1 amide bonds. The van der Waals surface area contributed by atoms with Crippen molar-refractivity contribution in [3.8, 4) is 0 Å². The number of carbonyl (C=O) groups excluding carboxylic acids is 1. The number of carboxylic acid groups (broad SMARTS) is 1. The minimum absolute atomic E-state index is 0.215. The third-order valence-electron chi connectivity index (χ3n) is 3.42. The minimum atomic E-state index is -0.980. The average Bonchev–Trinajstić information content (AvgIpc) is 2.51. The summed E-state index contributed by atoms with van der Waals surface area (Å²) in [5, 5.41) is 14.8. The Morgan fingerprint density at radius 1 is 1.14 bits per heavy atom. The van der Waals surface area contributed by atoms with Gasteiger partial charge in [0.15, 0.2) is 0 Å². The fourth-order valence-electron chi connectivity index (χ4n) is 2.16. The molecule has 1 atom stereocenters. The maximum absolute atomic E-state index is 12.1. The van der Waals surface area contributed by atoms with Gasteiger partial charge in [-0.15, -0.1) is 0 Å². The van der Waals surface area contributed by atoms with Crippen LogP contribution in [-0.2, 0) is 16.1 Å².